The Labute approximate surface area is 205 Å². The van der Waals surface area contributed by atoms with Crippen molar-refractivity contribution in [2.45, 2.75) is 25.7 Å². The Morgan fingerprint density at radius 1 is 0.861 bits per heavy atom. The minimum absolute atomic E-state index is 0.0525. The Morgan fingerprint density at radius 3 is 2.39 bits per heavy atom. The third-order valence-electron chi connectivity index (χ3n) is 5.81. The van der Waals surface area contributed by atoms with Crippen LogP contribution in [0.3, 0.4) is 0 Å². The zero-order valence-corrected chi connectivity index (χ0v) is 19.1. The van der Waals surface area contributed by atoms with Crippen molar-refractivity contribution in [3.8, 4) is 28.2 Å². The van der Waals surface area contributed by atoms with Crippen LogP contribution < -0.4 is 10.7 Å². The van der Waals surface area contributed by atoms with Crippen molar-refractivity contribution < 1.29 is 34.1 Å². The number of rotatable bonds is 9. The number of aromatic carboxylic acids is 1. The molecule has 0 atom stereocenters. The van der Waals surface area contributed by atoms with E-state index in [9.17, 15) is 29.4 Å². The van der Waals surface area contributed by atoms with Gasteiger partial charge in [0.05, 0.1) is 5.56 Å². The van der Waals surface area contributed by atoms with Gasteiger partial charge in [0.1, 0.15) is 17.1 Å². The van der Waals surface area contributed by atoms with Gasteiger partial charge >= 0.3 is 11.9 Å². The number of phenolic OH excluding ortho intramolecular Hbond substituents is 1. The van der Waals surface area contributed by atoms with Gasteiger partial charge < -0.3 is 25.1 Å². The second-order valence-electron chi connectivity index (χ2n) is 8.34. The van der Waals surface area contributed by atoms with E-state index >= 15 is 0 Å². The molecule has 0 spiro atoms. The summed E-state index contributed by atoms with van der Waals surface area (Å²) < 4.78 is 5.81. The molecule has 4 rings (SSSR count). The minimum atomic E-state index is -1.24. The molecule has 0 fully saturated rings. The lowest BCUT2D eigenvalue weighted by Crippen LogP contribution is -2.24. The van der Waals surface area contributed by atoms with Crippen molar-refractivity contribution >= 4 is 28.8 Å². The number of fused-ring (bicyclic) bond motifs is 2. The van der Waals surface area contributed by atoms with Crippen LogP contribution >= 0.6 is 0 Å². The van der Waals surface area contributed by atoms with E-state index < -0.39 is 17.8 Å². The molecule has 1 aliphatic heterocycles. The molecular weight excluding hydrogens is 466 g/mol. The first-order chi connectivity index (χ1) is 17.2. The van der Waals surface area contributed by atoms with E-state index in [-0.39, 0.29) is 40.1 Å². The van der Waals surface area contributed by atoms with Crippen molar-refractivity contribution in [1.82, 2.24) is 5.32 Å². The Bertz CT molecular complexity index is 1500. The highest BCUT2D eigenvalue weighted by atomic mass is 16.4. The molecule has 184 valence electrons. The Kier molecular flexibility index (Phi) is 7.00. The number of carbonyl (C=O) groups is 3. The molecule has 2 aliphatic rings. The first kappa shape index (κ1) is 24.5. The van der Waals surface area contributed by atoms with Crippen LogP contribution in [0, 0.1) is 0 Å². The zero-order chi connectivity index (χ0) is 25.8. The fourth-order valence-corrected chi connectivity index (χ4v) is 4.11. The minimum Gasteiger partial charge on any atom is -0.508 e. The van der Waals surface area contributed by atoms with Gasteiger partial charge in [0.15, 0.2) is 5.43 Å². The standard InChI is InChI=1S/C27H23NO8/c29-16-6-9-19-22(13-16)36-23-14-17(30)7-10-20(23)25(19)18-8-5-15(12-21(18)27(34)35)26(33)28-11-3-1-2-4-24(31)32/h5-10,12-14,29H,1-4,11H2,(H,28,33)(H,31,32)(H,34,35). The van der Waals surface area contributed by atoms with E-state index in [4.69, 9.17) is 9.52 Å². The number of nitrogens with one attached hydrogen (secondary N) is 1. The average Bonchev–Trinajstić information content (AvgIpc) is 2.83. The van der Waals surface area contributed by atoms with E-state index in [1.165, 1.54) is 42.5 Å². The lowest BCUT2D eigenvalue weighted by atomic mass is 9.90. The van der Waals surface area contributed by atoms with Gasteiger partial charge in [-0.1, -0.05) is 12.5 Å². The molecule has 0 saturated heterocycles. The van der Waals surface area contributed by atoms with Crippen molar-refractivity contribution in [1.29, 1.82) is 0 Å². The van der Waals surface area contributed by atoms with Gasteiger partial charge in [-0.25, -0.2) is 4.79 Å². The molecular formula is C27H23NO8. The zero-order valence-electron chi connectivity index (χ0n) is 19.1. The maximum absolute atomic E-state index is 12.6. The van der Waals surface area contributed by atoms with Gasteiger partial charge in [0.25, 0.3) is 5.91 Å². The molecule has 2 aromatic rings. The second-order valence-corrected chi connectivity index (χ2v) is 8.34. The van der Waals surface area contributed by atoms with Crippen LogP contribution in [0.5, 0.6) is 5.75 Å². The van der Waals surface area contributed by atoms with Gasteiger partial charge in [-0.2, -0.15) is 0 Å². The highest BCUT2D eigenvalue weighted by molar-refractivity contribution is 6.09. The van der Waals surface area contributed by atoms with Gasteiger partial charge in [-0.15, -0.1) is 0 Å². The SMILES string of the molecule is O=C(O)CCCCCNC(=O)c1ccc(-c2c3ccc(=O)cc-3oc3cc(O)ccc23)c(C(=O)O)c1. The van der Waals surface area contributed by atoms with E-state index in [0.29, 0.717) is 47.9 Å². The Hall–Kier alpha value is -4.66. The molecule has 1 amide bonds. The molecule has 1 heterocycles. The molecule has 9 nitrogen and oxygen atoms in total. The molecule has 4 N–H and O–H groups in total. The van der Waals surface area contributed by atoms with Crippen LogP contribution in [-0.4, -0.2) is 39.7 Å². The molecule has 1 aliphatic carbocycles. The number of aromatic hydroxyl groups is 1. The molecule has 9 heteroatoms. The average molecular weight is 489 g/mol. The largest absolute Gasteiger partial charge is 0.508 e. The third kappa shape index (κ3) is 5.20. The van der Waals surface area contributed by atoms with E-state index in [2.05, 4.69) is 5.32 Å². The van der Waals surface area contributed by atoms with Crippen molar-refractivity contribution in [2.75, 3.05) is 6.54 Å². The number of hydrogen-bond donors (Lipinski definition) is 4. The van der Waals surface area contributed by atoms with Gasteiger partial charge in [0, 0.05) is 47.2 Å². The summed E-state index contributed by atoms with van der Waals surface area (Å²) >= 11 is 0. The number of carbonyl (C=O) groups excluding carboxylic acids is 1. The summed E-state index contributed by atoms with van der Waals surface area (Å²) in [5.74, 6) is -2.37. The Morgan fingerprint density at radius 2 is 1.64 bits per heavy atom. The van der Waals surface area contributed by atoms with Crippen molar-refractivity contribution in [2.24, 2.45) is 0 Å². The molecule has 2 aromatic carbocycles. The normalized spacial score (nSPS) is 11.0. The van der Waals surface area contributed by atoms with Crippen LogP contribution in [-0.2, 0) is 4.79 Å². The van der Waals surface area contributed by atoms with Gasteiger partial charge in [-0.3, -0.25) is 14.4 Å². The predicted octanol–water partition coefficient (Wildman–Crippen LogP) is 4.34. The number of carboxylic acid groups (broad SMARTS) is 2. The maximum Gasteiger partial charge on any atom is 0.336 e. The van der Waals surface area contributed by atoms with Crippen LogP contribution in [0.4, 0.5) is 0 Å². The van der Waals surface area contributed by atoms with Crippen LogP contribution in [0.2, 0.25) is 0 Å². The summed E-state index contributed by atoms with van der Waals surface area (Å²) in [5.41, 5.74) is 1.35. The lowest BCUT2D eigenvalue weighted by Gasteiger charge is -2.17. The number of phenols is 1. The van der Waals surface area contributed by atoms with Crippen LogP contribution in [0.25, 0.3) is 33.4 Å². The smallest absolute Gasteiger partial charge is 0.336 e. The Balaban J connectivity index is 1.71. The number of benzene rings is 3. The van der Waals surface area contributed by atoms with Crippen LogP contribution in [0.15, 0.2) is 63.8 Å². The number of carboxylic acids is 2. The summed E-state index contributed by atoms with van der Waals surface area (Å²) in [4.78, 5) is 47.4. The van der Waals surface area contributed by atoms with Crippen molar-refractivity contribution in [3.63, 3.8) is 0 Å². The summed E-state index contributed by atoms with van der Waals surface area (Å²) in [7, 11) is 0. The van der Waals surface area contributed by atoms with E-state index in [1.807, 2.05) is 0 Å². The van der Waals surface area contributed by atoms with E-state index in [1.54, 1.807) is 12.1 Å². The number of hydrogen-bond acceptors (Lipinski definition) is 6. The maximum atomic E-state index is 12.6. The molecule has 0 aromatic heterocycles. The molecule has 0 radical (unpaired) electrons. The second kappa shape index (κ2) is 10.3. The summed E-state index contributed by atoms with van der Waals surface area (Å²) in [6.07, 6.45) is 1.83. The third-order valence-corrected chi connectivity index (χ3v) is 5.81. The first-order valence-corrected chi connectivity index (χ1v) is 11.3. The summed E-state index contributed by atoms with van der Waals surface area (Å²) in [6.45, 7) is 0.332. The summed E-state index contributed by atoms with van der Waals surface area (Å²) in [6, 6.07) is 13.0. The topological polar surface area (TPSA) is 154 Å². The fourth-order valence-electron chi connectivity index (χ4n) is 4.11. The van der Waals surface area contributed by atoms with Gasteiger partial charge in [0.2, 0.25) is 0 Å². The van der Waals surface area contributed by atoms with Crippen molar-refractivity contribution in [3.05, 3.63) is 75.9 Å². The lowest BCUT2D eigenvalue weighted by molar-refractivity contribution is -0.137. The highest BCUT2D eigenvalue weighted by Crippen LogP contribution is 2.42. The monoisotopic (exact) mass is 489 g/mol. The number of unbranched alkanes of at least 4 members (excludes halogenated alkanes) is 2. The molecule has 0 bridgehead atoms. The number of aliphatic carboxylic acids is 1. The quantitative estimate of drug-likeness (QED) is 0.200. The fraction of sp³-hybridized carbons (Fsp3) is 0.185. The van der Waals surface area contributed by atoms with Gasteiger partial charge in [-0.05, 0) is 54.8 Å². The van der Waals surface area contributed by atoms with E-state index in [0.717, 1.165) is 0 Å². The predicted molar refractivity (Wildman–Crippen MR) is 132 cm³/mol. The van der Waals surface area contributed by atoms with Crippen LogP contribution in [0.1, 0.15) is 46.4 Å². The number of amides is 1. The first-order valence-electron chi connectivity index (χ1n) is 11.3. The molecule has 0 saturated carbocycles. The molecule has 36 heavy (non-hydrogen) atoms. The highest BCUT2D eigenvalue weighted by Gasteiger charge is 2.23. The molecule has 0 unspecified atom stereocenters. The summed E-state index contributed by atoms with van der Waals surface area (Å²) in [5, 5.41) is 31.8.